The lowest BCUT2D eigenvalue weighted by atomic mass is 10.0. The fourth-order valence-corrected chi connectivity index (χ4v) is 2.36. The van der Waals surface area contributed by atoms with Gasteiger partial charge >= 0.3 is 5.97 Å². The molecule has 0 heterocycles. The second-order valence-corrected chi connectivity index (χ2v) is 6.10. The first-order valence-electron chi connectivity index (χ1n) is 7.83. The number of hydrogen-bond acceptors (Lipinski definition) is 2. The van der Waals surface area contributed by atoms with E-state index < -0.39 is 6.10 Å². The maximum absolute atomic E-state index is 12.6. The van der Waals surface area contributed by atoms with E-state index in [4.69, 9.17) is 4.74 Å². The van der Waals surface area contributed by atoms with Crippen LogP contribution in [0.1, 0.15) is 37.6 Å². The monoisotopic (exact) mass is 306 g/mol. The van der Waals surface area contributed by atoms with Crippen LogP contribution in [0.4, 0.5) is 0 Å². The number of carbonyl (C=O) groups excluding carboxylic acids is 1. The van der Waals surface area contributed by atoms with Crippen molar-refractivity contribution in [3.05, 3.63) is 60.2 Å². The highest BCUT2D eigenvalue weighted by Crippen LogP contribution is 2.20. The number of benzene rings is 2. The summed E-state index contributed by atoms with van der Waals surface area (Å²) < 4.78 is 5.65. The Labute approximate surface area is 138 Å². The highest BCUT2D eigenvalue weighted by Gasteiger charge is 2.17. The first-order chi connectivity index (χ1) is 11.0. The molecule has 0 N–H and O–H groups in total. The minimum atomic E-state index is -0.418. The van der Waals surface area contributed by atoms with Crippen LogP contribution in [0.15, 0.2) is 54.6 Å². The molecule has 2 nitrogen and oxygen atoms in total. The van der Waals surface area contributed by atoms with Gasteiger partial charge in [-0.2, -0.15) is 0 Å². The molecule has 0 amide bonds. The maximum atomic E-state index is 12.6. The second kappa shape index (κ2) is 7.65. The van der Waals surface area contributed by atoms with E-state index in [2.05, 4.69) is 32.3 Å². The largest absolute Gasteiger partial charge is 0.446 e. The van der Waals surface area contributed by atoms with Gasteiger partial charge in [-0.15, -0.1) is 0 Å². The fraction of sp³-hybridized carbons (Fsp3) is 0.286. The molecule has 0 aliphatic rings. The summed E-state index contributed by atoms with van der Waals surface area (Å²) in [7, 11) is 0. The molecule has 1 unspecified atom stereocenters. The van der Waals surface area contributed by atoms with E-state index in [9.17, 15) is 4.79 Å². The SMILES string of the molecule is C=C(C)C#CC(CC(C)C)OC(=O)c1cccc2ccccc12. The van der Waals surface area contributed by atoms with Crippen LogP contribution in [0, 0.1) is 17.8 Å². The number of carbonyl (C=O) groups is 1. The molecule has 2 heteroatoms. The summed E-state index contributed by atoms with van der Waals surface area (Å²) in [5.74, 6) is 5.99. The minimum Gasteiger partial charge on any atom is -0.446 e. The molecular formula is C21H22O2. The lowest BCUT2D eigenvalue weighted by molar-refractivity contribution is 0.0380. The molecular weight excluding hydrogens is 284 g/mol. The van der Waals surface area contributed by atoms with Gasteiger partial charge in [0.25, 0.3) is 0 Å². The summed E-state index contributed by atoms with van der Waals surface area (Å²) in [4.78, 5) is 12.6. The van der Waals surface area contributed by atoms with Crippen molar-refractivity contribution in [3.8, 4) is 11.8 Å². The molecule has 0 aromatic heterocycles. The maximum Gasteiger partial charge on any atom is 0.340 e. The van der Waals surface area contributed by atoms with Crippen LogP contribution in [0.3, 0.4) is 0 Å². The molecule has 0 aliphatic heterocycles. The van der Waals surface area contributed by atoms with E-state index in [0.29, 0.717) is 17.9 Å². The van der Waals surface area contributed by atoms with Gasteiger partial charge in [-0.3, -0.25) is 0 Å². The third-order valence-corrected chi connectivity index (χ3v) is 3.39. The third kappa shape index (κ3) is 4.72. The van der Waals surface area contributed by atoms with Crippen molar-refractivity contribution in [1.82, 2.24) is 0 Å². The first-order valence-corrected chi connectivity index (χ1v) is 7.83. The molecule has 118 valence electrons. The Morgan fingerprint density at radius 2 is 1.87 bits per heavy atom. The number of allylic oxidation sites excluding steroid dienone is 1. The quantitative estimate of drug-likeness (QED) is 0.587. The molecule has 0 saturated carbocycles. The third-order valence-electron chi connectivity index (χ3n) is 3.39. The molecule has 2 rings (SSSR count). The van der Waals surface area contributed by atoms with Crippen molar-refractivity contribution in [2.24, 2.45) is 5.92 Å². The zero-order valence-corrected chi connectivity index (χ0v) is 13.9. The Bertz CT molecular complexity index is 770. The van der Waals surface area contributed by atoms with Crippen LogP contribution in [0.5, 0.6) is 0 Å². The van der Waals surface area contributed by atoms with Gasteiger partial charge in [0.2, 0.25) is 0 Å². The van der Waals surface area contributed by atoms with E-state index in [1.807, 2.05) is 43.3 Å². The van der Waals surface area contributed by atoms with E-state index >= 15 is 0 Å². The van der Waals surface area contributed by atoms with Gasteiger partial charge in [0, 0.05) is 0 Å². The highest BCUT2D eigenvalue weighted by molar-refractivity contribution is 6.04. The molecule has 0 aliphatic carbocycles. The van der Waals surface area contributed by atoms with Crippen LogP contribution >= 0.6 is 0 Å². The van der Waals surface area contributed by atoms with Gasteiger partial charge in [0.05, 0.1) is 5.56 Å². The Kier molecular flexibility index (Phi) is 5.60. The van der Waals surface area contributed by atoms with Crippen LogP contribution in [-0.4, -0.2) is 12.1 Å². The van der Waals surface area contributed by atoms with Gasteiger partial charge < -0.3 is 4.74 Å². The smallest absolute Gasteiger partial charge is 0.340 e. The molecule has 0 radical (unpaired) electrons. The van der Waals surface area contributed by atoms with Crippen molar-refractivity contribution in [2.45, 2.75) is 33.3 Å². The van der Waals surface area contributed by atoms with Crippen molar-refractivity contribution >= 4 is 16.7 Å². The lowest BCUT2D eigenvalue weighted by Crippen LogP contribution is -2.19. The standard InChI is InChI=1S/C21H22O2/c1-15(2)12-13-18(14-16(3)4)23-21(22)20-11-7-9-17-8-5-6-10-19(17)20/h5-11,16,18H,1,14H2,2-4H3. The van der Waals surface area contributed by atoms with Gasteiger partial charge in [0.15, 0.2) is 6.10 Å². The first kappa shape index (κ1) is 16.8. The molecule has 23 heavy (non-hydrogen) atoms. The van der Waals surface area contributed by atoms with Crippen molar-refractivity contribution in [3.63, 3.8) is 0 Å². The van der Waals surface area contributed by atoms with Crippen molar-refractivity contribution in [1.29, 1.82) is 0 Å². The summed E-state index contributed by atoms with van der Waals surface area (Å²) in [5.41, 5.74) is 1.34. The van der Waals surface area contributed by atoms with Gasteiger partial charge in [-0.05, 0) is 41.7 Å². The van der Waals surface area contributed by atoms with Crippen LogP contribution in [0.2, 0.25) is 0 Å². The van der Waals surface area contributed by atoms with E-state index in [1.165, 1.54) is 0 Å². The summed E-state index contributed by atoms with van der Waals surface area (Å²) in [6, 6.07) is 13.4. The number of fused-ring (bicyclic) bond motifs is 1. The summed E-state index contributed by atoms with van der Waals surface area (Å²) in [6.07, 6.45) is 0.287. The average Bonchev–Trinajstić information content (AvgIpc) is 2.51. The molecule has 0 fully saturated rings. The average molecular weight is 306 g/mol. The van der Waals surface area contributed by atoms with Crippen molar-refractivity contribution in [2.75, 3.05) is 0 Å². The number of hydrogen-bond donors (Lipinski definition) is 0. The van der Waals surface area contributed by atoms with Crippen LogP contribution in [-0.2, 0) is 4.74 Å². The Balaban J connectivity index is 2.27. The molecule has 0 spiro atoms. The minimum absolute atomic E-state index is 0.330. The predicted molar refractivity (Wildman–Crippen MR) is 95.2 cm³/mol. The highest BCUT2D eigenvalue weighted by atomic mass is 16.5. The molecule has 2 aromatic carbocycles. The summed E-state index contributed by atoms with van der Waals surface area (Å²) in [5, 5.41) is 1.92. The number of esters is 1. The predicted octanol–water partition coefficient (Wildman–Crippen LogP) is 4.99. The Morgan fingerprint density at radius 3 is 2.57 bits per heavy atom. The van der Waals surface area contributed by atoms with Crippen molar-refractivity contribution < 1.29 is 9.53 Å². The van der Waals surface area contributed by atoms with Gasteiger partial charge in [-0.1, -0.05) is 68.7 Å². The normalized spacial score (nSPS) is 11.7. The van der Waals surface area contributed by atoms with Gasteiger partial charge in [0.1, 0.15) is 0 Å². The Hall–Kier alpha value is -2.53. The molecule has 1 atom stereocenters. The van der Waals surface area contributed by atoms with E-state index in [-0.39, 0.29) is 5.97 Å². The summed E-state index contributed by atoms with van der Waals surface area (Å²) in [6.45, 7) is 9.78. The zero-order chi connectivity index (χ0) is 16.8. The molecule has 0 saturated heterocycles. The van der Waals surface area contributed by atoms with Crippen LogP contribution < -0.4 is 0 Å². The lowest BCUT2D eigenvalue weighted by Gasteiger charge is -2.15. The zero-order valence-electron chi connectivity index (χ0n) is 13.9. The van der Waals surface area contributed by atoms with Gasteiger partial charge in [-0.25, -0.2) is 4.79 Å². The molecule has 0 bridgehead atoms. The summed E-state index contributed by atoms with van der Waals surface area (Å²) >= 11 is 0. The number of rotatable bonds is 4. The Morgan fingerprint density at radius 1 is 1.17 bits per heavy atom. The van der Waals surface area contributed by atoms with E-state index in [0.717, 1.165) is 16.3 Å². The topological polar surface area (TPSA) is 26.3 Å². The van der Waals surface area contributed by atoms with E-state index in [1.54, 1.807) is 6.07 Å². The van der Waals surface area contributed by atoms with Crippen LogP contribution in [0.25, 0.3) is 10.8 Å². The second-order valence-electron chi connectivity index (χ2n) is 6.10. The fourth-order valence-electron chi connectivity index (χ4n) is 2.36. The number of ether oxygens (including phenoxy) is 1. The molecule has 2 aromatic rings.